The van der Waals surface area contributed by atoms with Gasteiger partial charge in [-0.05, 0) is 38.6 Å². The molecule has 0 aromatic carbocycles. The molecule has 0 spiro atoms. The Kier molecular flexibility index (Phi) is 5.88. The Bertz CT molecular complexity index is 177. The van der Waals surface area contributed by atoms with Crippen LogP contribution in [-0.2, 0) is 4.74 Å². The fourth-order valence-corrected chi connectivity index (χ4v) is 2.08. The van der Waals surface area contributed by atoms with Crippen molar-refractivity contribution in [2.75, 3.05) is 20.3 Å². The topological polar surface area (TPSA) is 21.3 Å². The second kappa shape index (κ2) is 7.02. The van der Waals surface area contributed by atoms with Crippen LogP contribution in [-0.4, -0.2) is 26.3 Å². The number of methoxy groups -OCH3 is 1. The van der Waals surface area contributed by atoms with E-state index < -0.39 is 0 Å². The molecule has 14 heavy (non-hydrogen) atoms. The molecule has 0 radical (unpaired) electrons. The summed E-state index contributed by atoms with van der Waals surface area (Å²) in [7, 11) is 1.78. The second-order valence-corrected chi connectivity index (χ2v) is 3.92. The number of hydrogen-bond acceptors (Lipinski definition) is 2. The Morgan fingerprint density at radius 2 is 2.36 bits per heavy atom. The highest BCUT2D eigenvalue weighted by molar-refractivity contribution is 5.13. The highest BCUT2D eigenvalue weighted by atomic mass is 16.5. The van der Waals surface area contributed by atoms with Crippen molar-refractivity contribution in [3.8, 4) is 0 Å². The summed E-state index contributed by atoms with van der Waals surface area (Å²) < 4.78 is 5.14. The minimum Gasteiger partial charge on any atom is -0.385 e. The highest BCUT2D eigenvalue weighted by Gasteiger charge is 2.14. The zero-order valence-corrected chi connectivity index (χ0v) is 9.51. The van der Waals surface area contributed by atoms with Gasteiger partial charge in [0.2, 0.25) is 0 Å². The average Bonchev–Trinajstić information content (AvgIpc) is 2.25. The first-order chi connectivity index (χ1) is 6.88. The summed E-state index contributed by atoms with van der Waals surface area (Å²) in [5.41, 5.74) is 1.61. The fraction of sp³-hybridized carbons (Fsp3) is 0.833. The van der Waals surface area contributed by atoms with E-state index in [0.29, 0.717) is 6.04 Å². The van der Waals surface area contributed by atoms with Crippen molar-refractivity contribution >= 4 is 0 Å². The summed E-state index contributed by atoms with van der Waals surface area (Å²) in [4.78, 5) is 0. The zero-order chi connectivity index (χ0) is 10.2. The molecule has 0 bridgehead atoms. The summed E-state index contributed by atoms with van der Waals surface area (Å²) >= 11 is 0. The second-order valence-electron chi connectivity index (χ2n) is 3.92. The van der Waals surface area contributed by atoms with Gasteiger partial charge in [0.05, 0.1) is 0 Å². The molecular formula is C12H23NO. The maximum absolute atomic E-state index is 5.14. The number of rotatable bonds is 6. The normalized spacial score (nSPS) is 19.1. The van der Waals surface area contributed by atoms with Gasteiger partial charge in [-0.3, -0.25) is 0 Å². The van der Waals surface area contributed by atoms with Crippen LogP contribution in [0.1, 0.15) is 39.0 Å². The Morgan fingerprint density at radius 1 is 1.50 bits per heavy atom. The van der Waals surface area contributed by atoms with E-state index in [0.717, 1.165) is 19.6 Å². The van der Waals surface area contributed by atoms with E-state index in [-0.39, 0.29) is 0 Å². The lowest BCUT2D eigenvalue weighted by Crippen LogP contribution is -2.32. The van der Waals surface area contributed by atoms with Gasteiger partial charge in [-0.2, -0.15) is 0 Å². The smallest absolute Gasteiger partial charge is 0.0480 e. The maximum Gasteiger partial charge on any atom is 0.0480 e. The molecule has 0 aromatic heterocycles. The molecule has 0 heterocycles. The van der Waals surface area contributed by atoms with Gasteiger partial charge in [0.15, 0.2) is 0 Å². The molecule has 2 nitrogen and oxygen atoms in total. The average molecular weight is 197 g/mol. The standard InChI is InChI=1S/C12H23NO/c1-3-13-12(9-10-14-2)11-7-5-4-6-8-11/h7,12-13H,3-6,8-10H2,1-2H3. The third kappa shape index (κ3) is 3.81. The van der Waals surface area contributed by atoms with Gasteiger partial charge in [0.1, 0.15) is 0 Å². The summed E-state index contributed by atoms with van der Waals surface area (Å²) in [5, 5.41) is 3.54. The van der Waals surface area contributed by atoms with Crippen LogP contribution in [0.4, 0.5) is 0 Å². The van der Waals surface area contributed by atoms with Crippen molar-refractivity contribution in [1.82, 2.24) is 5.32 Å². The van der Waals surface area contributed by atoms with E-state index >= 15 is 0 Å². The molecule has 0 aliphatic heterocycles. The van der Waals surface area contributed by atoms with Gasteiger partial charge in [0, 0.05) is 19.8 Å². The molecule has 0 saturated carbocycles. The predicted octanol–water partition coefficient (Wildman–Crippen LogP) is 2.50. The van der Waals surface area contributed by atoms with Gasteiger partial charge >= 0.3 is 0 Å². The number of ether oxygens (including phenoxy) is 1. The van der Waals surface area contributed by atoms with Crippen molar-refractivity contribution in [2.24, 2.45) is 0 Å². The lowest BCUT2D eigenvalue weighted by Gasteiger charge is -2.23. The van der Waals surface area contributed by atoms with Gasteiger partial charge in [-0.25, -0.2) is 0 Å². The molecule has 82 valence electrons. The van der Waals surface area contributed by atoms with Crippen LogP contribution in [0.25, 0.3) is 0 Å². The predicted molar refractivity (Wildman–Crippen MR) is 60.5 cm³/mol. The minimum absolute atomic E-state index is 0.556. The third-order valence-electron chi connectivity index (χ3n) is 2.83. The first-order valence-corrected chi connectivity index (χ1v) is 5.79. The maximum atomic E-state index is 5.14. The molecule has 0 saturated heterocycles. The Hall–Kier alpha value is -0.340. The number of allylic oxidation sites excluding steroid dienone is 1. The summed E-state index contributed by atoms with van der Waals surface area (Å²) in [6, 6.07) is 0.556. The van der Waals surface area contributed by atoms with Crippen molar-refractivity contribution in [3.05, 3.63) is 11.6 Å². The minimum atomic E-state index is 0.556. The van der Waals surface area contributed by atoms with Crippen LogP contribution in [0.5, 0.6) is 0 Å². The van der Waals surface area contributed by atoms with Crippen LogP contribution in [0.2, 0.25) is 0 Å². The molecule has 1 aliphatic carbocycles. The van der Waals surface area contributed by atoms with E-state index in [1.165, 1.54) is 25.7 Å². The van der Waals surface area contributed by atoms with Gasteiger partial charge in [-0.15, -0.1) is 0 Å². The van der Waals surface area contributed by atoms with Crippen LogP contribution in [0.15, 0.2) is 11.6 Å². The Labute approximate surface area is 87.7 Å². The van der Waals surface area contributed by atoms with E-state index in [1.807, 2.05) is 0 Å². The Morgan fingerprint density at radius 3 is 2.93 bits per heavy atom. The van der Waals surface area contributed by atoms with E-state index in [4.69, 9.17) is 4.74 Å². The first kappa shape index (κ1) is 11.7. The number of hydrogen-bond donors (Lipinski definition) is 1. The van der Waals surface area contributed by atoms with Crippen LogP contribution in [0.3, 0.4) is 0 Å². The summed E-state index contributed by atoms with van der Waals surface area (Å²) in [6.07, 6.45) is 8.81. The highest BCUT2D eigenvalue weighted by Crippen LogP contribution is 2.21. The van der Waals surface area contributed by atoms with Gasteiger partial charge in [0.25, 0.3) is 0 Å². The van der Waals surface area contributed by atoms with E-state index in [2.05, 4.69) is 18.3 Å². The molecule has 0 aromatic rings. The molecule has 2 heteroatoms. The van der Waals surface area contributed by atoms with E-state index in [1.54, 1.807) is 12.7 Å². The van der Waals surface area contributed by atoms with Crippen molar-refractivity contribution < 1.29 is 4.74 Å². The SMILES string of the molecule is CCNC(CCOC)C1=CCCCC1. The molecule has 0 fully saturated rings. The Balaban J connectivity index is 2.42. The molecule has 1 unspecified atom stereocenters. The molecule has 1 N–H and O–H groups in total. The van der Waals surface area contributed by atoms with Gasteiger partial charge in [-0.1, -0.05) is 18.6 Å². The lowest BCUT2D eigenvalue weighted by atomic mass is 9.92. The molecule has 1 aliphatic rings. The monoisotopic (exact) mass is 197 g/mol. The third-order valence-corrected chi connectivity index (χ3v) is 2.83. The van der Waals surface area contributed by atoms with Crippen molar-refractivity contribution in [1.29, 1.82) is 0 Å². The molecule has 0 amide bonds. The largest absolute Gasteiger partial charge is 0.385 e. The van der Waals surface area contributed by atoms with Gasteiger partial charge < -0.3 is 10.1 Å². The summed E-state index contributed by atoms with van der Waals surface area (Å²) in [5.74, 6) is 0. The zero-order valence-electron chi connectivity index (χ0n) is 9.51. The van der Waals surface area contributed by atoms with E-state index in [9.17, 15) is 0 Å². The number of nitrogens with one attached hydrogen (secondary N) is 1. The molecule has 1 atom stereocenters. The molecular weight excluding hydrogens is 174 g/mol. The quantitative estimate of drug-likeness (QED) is 0.661. The van der Waals surface area contributed by atoms with Crippen LogP contribution < -0.4 is 5.32 Å². The fourth-order valence-electron chi connectivity index (χ4n) is 2.08. The first-order valence-electron chi connectivity index (χ1n) is 5.79. The van der Waals surface area contributed by atoms with Crippen molar-refractivity contribution in [2.45, 2.75) is 45.1 Å². The van der Waals surface area contributed by atoms with Crippen LogP contribution >= 0.6 is 0 Å². The summed E-state index contributed by atoms with van der Waals surface area (Å²) in [6.45, 7) is 4.07. The van der Waals surface area contributed by atoms with Crippen molar-refractivity contribution in [3.63, 3.8) is 0 Å². The number of likely N-dealkylation sites (N-methyl/N-ethyl adjacent to an activating group) is 1. The lowest BCUT2D eigenvalue weighted by molar-refractivity contribution is 0.186. The van der Waals surface area contributed by atoms with Crippen LogP contribution in [0, 0.1) is 0 Å². The molecule has 1 rings (SSSR count).